The van der Waals surface area contributed by atoms with Crippen LogP contribution in [0.2, 0.25) is 0 Å². The molecular formula is C21H32N2O3S. The first-order valence-electron chi connectivity index (χ1n) is 10.4. The summed E-state index contributed by atoms with van der Waals surface area (Å²) in [5.74, 6) is 0.0125. The van der Waals surface area contributed by atoms with Crippen LogP contribution in [0, 0.1) is 5.92 Å². The minimum Gasteiger partial charge on any atom is -0.356 e. The number of hydrogen-bond donors (Lipinski definition) is 1. The number of carbonyl (C=O) groups excluding carboxylic acids is 1. The number of unbranched alkanes of at least 4 members (excludes halogenated alkanes) is 2. The maximum atomic E-state index is 13.0. The van der Waals surface area contributed by atoms with Crippen molar-refractivity contribution in [1.82, 2.24) is 9.62 Å². The van der Waals surface area contributed by atoms with Crippen LogP contribution < -0.4 is 5.32 Å². The second-order valence-corrected chi connectivity index (χ2v) is 9.75. The normalized spacial score (nSPS) is 18.9. The number of fused-ring (bicyclic) bond motifs is 1. The van der Waals surface area contributed by atoms with Gasteiger partial charge in [0, 0.05) is 25.6 Å². The highest BCUT2D eigenvalue weighted by Gasteiger charge is 2.32. The minimum atomic E-state index is -3.47. The van der Waals surface area contributed by atoms with E-state index in [-0.39, 0.29) is 11.8 Å². The van der Waals surface area contributed by atoms with Crippen molar-refractivity contribution in [2.75, 3.05) is 19.6 Å². The highest BCUT2D eigenvalue weighted by molar-refractivity contribution is 7.89. The number of carbonyl (C=O) groups is 1. The zero-order valence-corrected chi connectivity index (χ0v) is 17.2. The monoisotopic (exact) mass is 392 g/mol. The third kappa shape index (κ3) is 4.91. The maximum Gasteiger partial charge on any atom is 0.243 e. The van der Waals surface area contributed by atoms with Gasteiger partial charge in [-0.2, -0.15) is 4.31 Å². The van der Waals surface area contributed by atoms with Gasteiger partial charge in [-0.25, -0.2) is 8.42 Å². The number of rotatable bonds is 7. The summed E-state index contributed by atoms with van der Waals surface area (Å²) in [6.45, 7) is 3.71. The Balaban J connectivity index is 1.57. The smallest absolute Gasteiger partial charge is 0.243 e. The fourth-order valence-electron chi connectivity index (χ4n) is 4.11. The van der Waals surface area contributed by atoms with E-state index in [1.54, 1.807) is 10.4 Å². The summed E-state index contributed by atoms with van der Waals surface area (Å²) in [5.41, 5.74) is 2.47. The SMILES string of the molecule is CCCCCNC(=O)C1CCN(S(=O)(=O)c2ccc3c(c2)CCCC3)CC1. The molecule has 1 N–H and O–H groups in total. The zero-order chi connectivity index (χ0) is 19.3. The lowest BCUT2D eigenvalue weighted by Crippen LogP contribution is -2.43. The molecule has 1 aromatic carbocycles. The summed E-state index contributed by atoms with van der Waals surface area (Å²) in [4.78, 5) is 12.7. The summed E-state index contributed by atoms with van der Waals surface area (Å²) < 4.78 is 27.6. The van der Waals surface area contributed by atoms with Gasteiger partial charge in [0.1, 0.15) is 0 Å². The first-order chi connectivity index (χ1) is 13.0. The third-order valence-electron chi connectivity index (χ3n) is 5.86. The van der Waals surface area contributed by atoms with Crippen LogP contribution in [0.4, 0.5) is 0 Å². The summed E-state index contributed by atoms with van der Waals surface area (Å²) >= 11 is 0. The zero-order valence-electron chi connectivity index (χ0n) is 16.4. The van der Waals surface area contributed by atoms with Crippen LogP contribution in [-0.4, -0.2) is 38.3 Å². The molecule has 1 fully saturated rings. The molecule has 1 saturated heterocycles. The van der Waals surface area contributed by atoms with Gasteiger partial charge in [-0.3, -0.25) is 4.79 Å². The number of piperidine rings is 1. The van der Waals surface area contributed by atoms with E-state index >= 15 is 0 Å². The van der Waals surface area contributed by atoms with Gasteiger partial charge in [-0.15, -0.1) is 0 Å². The third-order valence-corrected chi connectivity index (χ3v) is 7.76. The molecule has 0 atom stereocenters. The fraction of sp³-hybridized carbons (Fsp3) is 0.667. The molecule has 5 nitrogen and oxygen atoms in total. The number of amides is 1. The van der Waals surface area contributed by atoms with E-state index in [4.69, 9.17) is 0 Å². The van der Waals surface area contributed by atoms with Crippen LogP contribution >= 0.6 is 0 Å². The number of hydrogen-bond acceptors (Lipinski definition) is 3. The molecule has 0 saturated carbocycles. The molecule has 0 bridgehead atoms. The van der Waals surface area contributed by atoms with Crippen molar-refractivity contribution in [2.24, 2.45) is 5.92 Å². The number of nitrogens with one attached hydrogen (secondary N) is 1. The Morgan fingerprint density at radius 1 is 1.11 bits per heavy atom. The van der Waals surface area contributed by atoms with E-state index in [2.05, 4.69) is 12.2 Å². The van der Waals surface area contributed by atoms with Crippen LogP contribution in [0.1, 0.15) is 63.0 Å². The van der Waals surface area contributed by atoms with E-state index in [0.29, 0.717) is 30.8 Å². The van der Waals surface area contributed by atoms with Crippen molar-refractivity contribution in [1.29, 1.82) is 0 Å². The maximum absolute atomic E-state index is 13.0. The Morgan fingerprint density at radius 2 is 1.81 bits per heavy atom. The molecule has 1 aliphatic heterocycles. The van der Waals surface area contributed by atoms with E-state index < -0.39 is 10.0 Å². The quantitative estimate of drug-likeness (QED) is 0.724. The first kappa shape index (κ1) is 20.3. The van der Waals surface area contributed by atoms with Crippen LogP contribution in [0.5, 0.6) is 0 Å². The van der Waals surface area contributed by atoms with Gasteiger partial charge in [0.15, 0.2) is 0 Å². The number of sulfonamides is 1. The summed E-state index contributed by atoms with van der Waals surface area (Å²) in [7, 11) is -3.47. The molecule has 1 amide bonds. The van der Waals surface area contributed by atoms with Gasteiger partial charge >= 0.3 is 0 Å². The van der Waals surface area contributed by atoms with Crippen molar-refractivity contribution < 1.29 is 13.2 Å². The van der Waals surface area contributed by atoms with Crippen molar-refractivity contribution in [3.05, 3.63) is 29.3 Å². The van der Waals surface area contributed by atoms with Crippen molar-refractivity contribution in [3.8, 4) is 0 Å². The Hall–Kier alpha value is -1.40. The molecule has 1 heterocycles. The fourth-order valence-corrected chi connectivity index (χ4v) is 5.63. The number of nitrogens with zero attached hydrogens (tertiary/aromatic N) is 1. The van der Waals surface area contributed by atoms with Crippen molar-refractivity contribution in [3.63, 3.8) is 0 Å². The average molecular weight is 393 g/mol. The van der Waals surface area contributed by atoms with E-state index in [1.807, 2.05) is 12.1 Å². The van der Waals surface area contributed by atoms with Crippen LogP contribution in [0.3, 0.4) is 0 Å². The molecule has 0 unspecified atom stereocenters. The second-order valence-electron chi connectivity index (χ2n) is 7.81. The lowest BCUT2D eigenvalue weighted by atomic mass is 9.92. The largest absolute Gasteiger partial charge is 0.356 e. The average Bonchev–Trinajstić information content (AvgIpc) is 2.70. The van der Waals surface area contributed by atoms with Crippen molar-refractivity contribution >= 4 is 15.9 Å². The van der Waals surface area contributed by atoms with Gasteiger partial charge in [0.25, 0.3) is 0 Å². The molecule has 150 valence electrons. The Morgan fingerprint density at radius 3 is 2.52 bits per heavy atom. The van der Waals surface area contributed by atoms with Gasteiger partial charge in [0.05, 0.1) is 4.90 Å². The lowest BCUT2D eigenvalue weighted by Gasteiger charge is -2.31. The Bertz CT molecular complexity index is 753. The summed E-state index contributed by atoms with van der Waals surface area (Å²) in [6, 6.07) is 5.61. The summed E-state index contributed by atoms with van der Waals surface area (Å²) in [6.07, 6.45) is 8.81. The van der Waals surface area contributed by atoms with Crippen LogP contribution in [-0.2, 0) is 27.7 Å². The summed E-state index contributed by atoms with van der Waals surface area (Å²) in [5, 5.41) is 3.00. The molecule has 6 heteroatoms. The Kier molecular flexibility index (Phi) is 6.93. The molecule has 27 heavy (non-hydrogen) atoms. The van der Waals surface area contributed by atoms with Gasteiger partial charge < -0.3 is 5.32 Å². The number of aryl methyl sites for hydroxylation is 2. The molecule has 3 rings (SSSR count). The van der Waals surface area contributed by atoms with Crippen molar-refractivity contribution in [2.45, 2.75) is 69.6 Å². The molecule has 0 radical (unpaired) electrons. The molecule has 0 aromatic heterocycles. The molecule has 1 aliphatic carbocycles. The molecule has 0 spiro atoms. The Labute approximate surface area is 163 Å². The van der Waals surface area contributed by atoms with Gasteiger partial charge in [-0.1, -0.05) is 25.8 Å². The molecule has 1 aromatic rings. The lowest BCUT2D eigenvalue weighted by molar-refractivity contribution is -0.126. The molecule has 2 aliphatic rings. The van der Waals surface area contributed by atoms with Gasteiger partial charge in [0.2, 0.25) is 15.9 Å². The van der Waals surface area contributed by atoms with E-state index in [0.717, 1.165) is 45.1 Å². The highest BCUT2D eigenvalue weighted by Crippen LogP contribution is 2.28. The number of benzene rings is 1. The van der Waals surface area contributed by atoms with E-state index in [1.165, 1.54) is 17.5 Å². The van der Waals surface area contributed by atoms with Crippen LogP contribution in [0.25, 0.3) is 0 Å². The second kappa shape index (κ2) is 9.20. The standard InChI is InChI=1S/C21H32N2O3S/c1-2-3-6-13-22-21(24)18-11-14-23(15-12-18)27(25,26)20-10-9-17-7-4-5-8-19(17)16-20/h9-10,16,18H,2-8,11-15H2,1H3,(H,22,24). The van der Waals surface area contributed by atoms with Gasteiger partial charge in [-0.05, 0) is 68.2 Å². The highest BCUT2D eigenvalue weighted by atomic mass is 32.2. The minimum absolute atomic E-state index is 0.0680. The predicted molar refractivity (Wildman–Crippen MR) is 107 cm³/mol. The topological polar surface area (TPSA) is 66.5 Å². The predicted octanol–water partition coefficient (Wildman–Crippen LogP) is 3.27. The van der Waals surface area contributed by atoms with E-state index in [9.17, 15) is 13.2 Å². The van der Waals surface area contributed by atoms with Crippen LogP contribution in [0.15, 0.2) is 23.1 Å². The molecular weight excluding hydrogens is 360 g/mol. The first-order valence-corrected chi connectivity index (χ1v) is 11.9.